The van der Waals surface area contributed by atoms with Crippen LogP contribution in [0.2, 0.25) is 0 Å². The molecule has 0 saturated heterocycles. The third-order valence-electron chi connectivity index (χ3n) is 2.23. The summed E-state index contributed by atoms with van der Waals surface area (Å²) in [4.78, 5) is 15.6. The molecule has 0 aliphatic carbocycles. The number of pyridine rings is 1. The number of carbonyl (C=O) groups excluding carboxylic acids is 1. The molecule has 0 fully saturated rings. The van der Waals surface area contributed by atoms with Gasteiger partial charge in [0.05, 0.1) is 12.6 Å². The van der Waals surface area contributed by atoms with Crippen molar-refractivity contribution in [2.24, 2.45) is 0 Å². The Bertz CT molecular complexity index is 324. The molecule has 0 saturated carbocycles. The molecule has 1 aromatic rings. The van der Waals surface area contributed by atoms with Crippen LogP contribution in [0, 0.1) is 0 Å². The van der Waals surface area contributed by atoms with E-state index in [9.17, 15) is 4.79 Å². The molecule has 1 aromatic heterocycles. The van der Waals surface area contributed by atoms with Gasteiger partial charge in [-0.25, -0.2) is 0 Å². The van der Waals surface area contributed by atoms with E-state index in [2.05, 4.69) is 15.6 Å². The van der Waals surface area contributed by atoms with Crippen LogP contribution in [0.1, 0.15) is 32.4 Å². The summed E-state index contributed by atoms with van der Waals surface area (Å²) >= 11 is 0. The summed E-state index contributed by atoms with van der Waals surface area (Å²) < 4.78 is 0. The highest BCUT2D eigenvalue weighted by Crippen LogP contribution is 2.08. The van der Waals surface area contributed by atoms with E-state index in [1.165, 1.54) is 0 Å². The Hall–Kier alpha value is -1.42. The van der Waals surface area contributed by atoms with Crippen LogP contribution in [0.4, 0.5) is 0 Å². The minimum atomic E-state index is -0.00448. The highest BCUT2D eigenvalue weighted by molar-refractivity contribution is 5.78. The van der Waals surface area contributed by atoms with E-state index in [1.54, 1.807) is 12.4 Å². The Morgan fingerprint density at radius 3 is 2.75 bits per heavy atom. The van der Waals surface area contributed by atoms with Gasteiger partial charge in [0.2, 0.25) is 5.91 Å². The Kier molecular flexibility index (Phi) is 4.92. The van der Waals surface area contributed by atoms with Crippen LogP contribution in [0.5, 0.6) is 0 Å². The number of amides is 1. The Morgan fingerprint density at radius 2 is 2.19 bits per heavy atom. The number of aromatic nitrogens is 1. The summed E-state index contributed by atoms with van der Waals surface area (Å²) in [6.07, 6.45) is 3.49. The van der Waals surface area contributed by atoms with E-state index in [0.717, 1.165) is 5.56 Å². The molecule has 1 heterocycles. The van der Waals surface area contributed by atoms with Gasteiger partial charge >= 0.3 is 0 Å². The Balaban J connectivity index is 2.40. The van der Waals surface area contributed by atoms with Gasteiger partial charge in [-0.3, -0.25) is 9.78 Å². The van der Waals surface area contributed by atoms with Crippen molar-refractivity contribution in [3.05, 3.63) is 30.1 Å². The van der Waals surface area contributed by atoms with Crippen molar-refractivity contribution >= 4 is 5.91 Å². The fraction of sp³-hybridized carbons (Fsp3) is 0.500. The van der Waals surface area contributed by atoms with Crippen molar-refractivity contribution in [2.75, 3.05) is 6.54 Å². The number of nitrogens with zero attached hydrogens (tertiary/aromatic N) is 1. The zero-order valence-electron chi connectivity index (χ0n) is 10.0. The fourth-order valence-electron chi connectivity index (χ4n) is 1.30. The molecule has 0 radical (unpaired) electrons. The summed E-state index contributed by atoms with van der Waals surface area (Å²) in [6, 6.07) is 4.13. The van der Waals surface area contributed by atoms with Crippen LogP contribution in [0.3, 0.4) is 0 Å². The summed E-state index contributed by atoms with van der Waals surface area (Å²) in [6.45, 7) is 6.32. The monoisotopic (exact) mass is 221 g/mol. The van der Waals surface area contributed by atoms with E-state index >= 15 is 0 Å². The highest BCUT2D eigenvalue weighted by Gasteiger charge is 2.09. The van der Waals surface area contributed by atoms with E-state index in [4.69, 9.17) is 0 Å². The largest absolute Gasteiger partial charge is 0.348 e. The standard InChI is InChI=1S/C12H19N3O/c1-9(2)14-8-12(16)15-10(3)11-5-4-6-13-7-11/h4-7,9-10,14H,8H2,1-3H3,(H,15,16)/t10-/m0/s1. The smallest absolute Gasteiger partial charge is 0.234 e. The molecule has 2 N–H and O–H groups in total. The predicted octanol–water partition coefficient (Wildman–Crippen LogP) is 1.26. The average Bonchev–Trinajstić information content (AvgIpc) is 2.27. The number of hydrogen-bond acceptors (Lipinski definition) is 3. The van der Waals surface area contributed by atoms with Gasteiger partial charge in [0.15, 0.2) is 0 Å². The lowest BCUT2D eigenvalue weighted by Gasteiger charge is -2.15. The first-order valence-electron chi connectivity index (χ1n) is 5.52. The molecule has 1 atom stereocenters. The van der Waals surface area contributed by atoms with Gasteiger partial charge in [0, 0.05) is 18.4 Å². The molecule has 0 aliphatic heterocycles. The van der Waals surface area contributed by atoms with Gasteiger partial charge < -0.3 is 10.6 Å². The Labute approximate surface area is 96.5 Å². The second-order valence-corrected chi connectivity index (χ2v) is 4.11. The molecule has 0 aromatic carbocycles. The lowest BCUT2D eigenvalue weighted by molar-refractivity contribution is -0.121. The van der Waals surface area contributed by atoms with Gasteiger partial charge in [-0.2, -0.15) is 0 Å². The molecule has 4 nitrogen and oxygen atoms in total. The first-order valence-corrected chi connectivity index (χ1v) is 5.52. The molecule has 16 heavy (non-hydrogen) atoms. The van der Waals surface area contributed by atoms with Gasteiger partial charge in [0.1, 0.15) is 0 Å². The summed E-state index contributed by atoms with van der Waals surface area (Å²) in [5.41, 5.74) is 1.01. The van der Waals surface area contributed by atoms with Crippen LogP contribution in [0.15, 0.2) is 24.5 Å². The van der Waals surface area contributed by atoms with Crippen LogP contribution in [0.25, 0.3) is 0 Å². The minimum Gasteiger partial charge on any atom is -0.348 e. The Morgan fingerprint density at radius 1 is 1.44 bits per heavy atom. The maximum Gasteiger partial charge on any atom is 0.234 e. The second-order valence-electron chi connectivity index (χ2n) is 4.11. The van der Waals surface area contributed by atoms with E-state index in [0.29, 0.717) is 12.6 Å². The second kappa shape index (κ2) is 6.23. The van der Waals surface area contributed by atoms with Crippen molar-refractivity contribution in [3.8, 4) is 0 Å². The highest BCUT2D eigenvalue weighted by atomic mass is 16.1. The molecular weight excluding hydrogens is 202 g/mol. The zero-order chi connectivity index (χ0) is 12.0. The predicted molar refractivity (Wildman–Crippen MR) is 63.9 cm³/mol. The normalized spacial score (nSPS) is 12.5. The SMILES string of the molecule is CC(C)NCC(=O)N[C@@H](C)c1cccnc1. The van der Waals surface area contributed by atoms with Crippen molar-refractivity contribution in [1.82, 2.24) is 15.6 Å². The number of nitrogens with one attached hydrogen (secondary N) is 2. The first kappa shape index (κ1) is 12.6. The van der Waals surface area contributed by atoms with Crippen molar-refractivity contribution in [3.63, 3.8) is 0 Å². The molecule has 4 heteroatoms. The summed E-state index contributed by atoms with van der Waals surface area (Å²) in [5.74, 6) is 0.00468. The zero-order valence-corrected chi connectivity index (χ0v) is 10.0. The maximum atomic E-state index is 11.5. The summed E-state index contributed by atoms with van der Waals surface area (Å²) in [7, 11) is 0. The van der Waals surface area contributed by atoms with Crippen LogP contribution >= 0.6 is 0 Å². The van der Waals surface area contributed by atoms with Crippen molar-refractivity contribution in [1.29, 1.82) is 0 Å². The lowest BCUT2D eigenvalue weighted by Crippen LogP contribution is -2.37. The topological polar surface area (TPSA) is 54.0 Å². The number of carbonyl (C=O) groups is 1. The van der Waals surface area contributed by atoms with Crippen molar-refractivity contribution < 1.29 is 4.79 Å². The van der Waals surface area contributed by atoms with Gasteiger partial charge in [-0.05, 0) is 18.6 Å². The van der Waals surface area contributed by atoms with E-state index < -0.39 is 0 Å². The van der Waals surface area contributed by atoms with Gasteiger partial charge in [-0.1, -0.05) is 19.9 Å². The lowest BCUT2D eigenvalue weighted by atomic mass is 10.1. The molecule has 88 valence electrons. The summed E-state index contributed by atoms with van der Waals surface area (Å²) in [5, 5.41) is 5.98. The van der Waals surface area contributed by atoms with Crippen LogP contribution in [-0.2, 0) is 4.79 Å². The first-order chi connectivity index (χ1) is 7.59. The van der Waals surface area contributed by atoms with Crippen molar-refractivity contribution in [2.45, 2.75) is 32.9 Å². The third-order valence-corrected chi connectivity index (χ3v) is 2.23. The van der Waals surface area contributed by atoms with Gasteiger partial charge in [0.25, 0.3) is 0 Å². The van der Waals surface area contributed by atoms with E-state index in [1.807, 2.05) is 32.9 Å². The average molecular weight is 221 g/mol. The van der Waals surface area contributed by atoms with Crippen LogP contribution < -0.4 is 10.6 Å². The molecule has 0 unspecified atom stereocenters. The molecule has 1 amide bonds. The number of rotatable bonds is 5. The molecule has 0 spiro atoms. The van der Waals surface area contributed by atoms with Gasteiger partial charge in [-0.15, -0.1) is 0 Å². The molecule has 0 bridgehead atoms. The van der Waals surface area contributed by atoms with E-state index in [-0.39, 0.29) is 11.9 Å². The molecule has 1 rings (SSSR count). The quantitative estimate of drug-likeness (QED) is 0.787. The maximum absolute atomic E-state index is 11.5. The fourth-order valence-corrected chi connectivity index (χ4v) is 1.30. The molecule has 0 aliphatic rings. The van der Waals surface area contributed by atoms with Crippen LogP contribution in [-0.4, -0.2) is 23.5 Å². The number of hydrogen-bond donors (Lipinski definition) is 2. The third kappa shape index (κ3) is 4.40. The molecular formula is C12H19N3O. The minimum absolute atomic E-state index is 0.00448.